The van der Waals surface area contributed by atoms with Crippen LogP contribution < -0.4 is 10.1 Å². The third kappa shape index (κ3) is 4.74. The summed E-state index contributed by atoms with van der Waals surface area (Å²) in [5, 5.41) is 14.5. The number of fused-ring (bicyclic) bond motifs is 1. The minimum atomic E-state index is -0.829. The minimum absolute atomic E-state index is 0.0779. The Morgan fingerprint density at radius 1 is 1.14 bits per heavy atom. The fourth-order valence-electron chi connectivity index (χ4n) is 4.18. The molecule has 0 radical (unpaired) electrons. The van der Waals surface area contributed by atoms with E-state index in [9.17, 15) is 9.90 Å². The van der Waals surface area contributed by atoms with Crippen molar-refractivity contribution in [2.45, 2.75) is 37.7 Å². The molecule has 0 atom stereocenters. The first-order valence-corrected chi connectivity index (χ1v) is 10.7. The summed E-state index contributed by atoms with van der Waals surface area (Å²) in [5.41, 5.74) is 2.04. The standard InChI is InChI=1S/C23H27ClN2O3/c24-20-5-2-1-4-19(20)23(28)10-13-26(14-11-23)12-3-15-29-18-7-8-21-17(16-18)6-9-22(27)25-21/h1-2,4-5,7-8,16,28H,3,6,9-15H2,(H,25,27). The third-order valence-electron chi connectivity index (χ3n) is 5.92. The van der Waals surface area contributed by atoms with Crippen LogP contribution in [0.25, 0.3) is 0 Å². The minimum Gasteiger partial charge on any atom is -0.494 e. The number of nitrogens with zero attached hydrogens (tertiary/aromatic N) is 1. The highest BCUT2D eigenvalue weighted by molar-refractivity contribution is 6.31. The second kappa shape index (κ2) is 8.74. The van der Waals surface area contributed by atoms with E-state index in [1.165, 1.54) is 0 Å². The quantitative estimate of drug-likeness (QED) is 0.702. The largest absolute Gasteiger partial charge is 0.494 e. The number of aliphatic hydroxyl groups is 1. The van der Waals surface area contributed by atoms with E-state index in [0.717, 1.165) is 55.0 Å². The van der Waals surface area contributed by atoms with Crippen LogP contribution in [0.4, 0.5) is 5.69 Å². The van der Waals surface area contributed by atoms with Crippen molar-refractivity contribution >= 4 is 23.2 Å². The summed E-state index contributed by atoms with van der Waals surface area (Å²) in [6.45, 7) is 3.29. The zero-order chi connectivity index (χ0) is 20.3. The summed E-state index contributed by atoms with van der Waals surface area (Å²) >= 11 is 6.28. The molecule has 2 N–H and O–H groups in total. The molecule has 0 bridgehead atoms. The van der Waals surface area contributed by atoms with Gasteiger partial charge in [0, 0.05) is 42.3 Å². The van der Waals surface area contributed by atoms with Gasteiger partial charge >= 0.3 is 0 Å². The number of piperidine rings is 1. The van der Waals surface area contributed by atoms with E-state index in [-0.39, 0.29) is 5.91 Å². The summed E-state index contributed by atoms with van der Waals surface area (Å²) in [4.78, 5) is 13.8. The van der Waals surface area contributed by atoms with Gasteiger partial charge in [0.25, 0.3) is 0 Å². The fraction of sp³-hybridized carbons (Fsp3) is 0.435. The molecule has 0 aliphatic carbocycles. The van der Waals surface area contributed by atoms with E-state index in [0.29, 0.717) is 30.9 Å². The Kier molecular flexibility index (Phi) is 6.09. The Morgan fingerprint density at radius 3 is 2.72 bits per heavy atom. The van der Waals surface area contributed by atoms with Crippen LogP contribution in [-0.2, 0) is 16.8 Å². The Labute approximate surface area is 176 Å². The molecular formula is C23H27ClN2O3. The highest BCUT2D eigenvalue weighted by Gasteiger charge is 2.35. The van der Waals surface area contributed by atoms with Crippen LogP contribution in [0.2, 0.25) is 5.02 Å². The molecule has 2 heterocycles. The molecule has 2 aliphatic heterocycles. The van der Waals surface area contributed by atoms with E-state index in [1.54, 1.807) is 0 Å². The van der Waals surface area contributed by atoms with Gasteiger partial charge < -0.3 is 20.1 Å². The van der Waals surface area contributed by atoms with Crippen LogP contribution in [0.3, 0.4) is 0 Å². The van der Waals surface area contributed by atoms with Crippen molar-refractivity contribution in [1.29, 1.82) is 0 Å². The van der Waals surface area contributed by atoms with Crippen LogP contribution in [0.5, 0.6) is 5.75 Å². The molecule has 5 nitrogen and oxygen atoms in total. The number of halogens is 1. The van der Waals surface area contributed by atoms with E-state index in [2.05, 4.69) is 10.2 Å². The van der Waals surface area contributed by atoms with E-state index < -0.39 is 5.60 Å². The number of likely N-dealkylation sites (tertiary alicyclic amines) is 1. The lowest BCUT2D eigenvalue weighted by molar-refractivity contribution is -0.116. The monoisotopic (exact) mass is 414 g/mol. The Morgan fingerprint density at radius 2 is 1.93 bits per heavy atom. The number of hydrogen-bond acceptors (Lipinski definition) is 4. The lowest BCUT2D eigenvalue weighted by Crippen LogP contribution is -2.43. The molecule has 154 valence electrons. The van der Waals surface area contributed by atoms with Crippen molar-refractivity contribution in [2.75, 3.05) is 31.6 Å². The number of amides is 1. The van der Waals surface area contributed by atoms with Gasteiger partial charge in [-0.05, 0) is 55.5 Å². The van der Waals surface area contributed by atoms with E-state index >= 15 is 0 Å². The topological polar surface area (TPSA) is 61.8 Å². The maximum absolute atomic E-state index is 11.4. The number of ether oxygens (including phenoxy) is 1. The van der Waals surface area contributed by atoms with Gasteiger partial charge in [-0.1, -0.05) is 29.8 Å². The number of aryl methyl sites for hydroxylation is 1. The van der Waals surface area contributed by atoms with Crippen LogP contribution in [-0.4, -0.2) is 42.2 Å². The van der Waals surface area contributed by atoms with Crippen molar-refractivity contribution < 1.29 is 14.6 Å². The Balaban J connectivity index is 1.22. The zero-order valence-electron chi connectivity index (χ0n) is 16.5. The number of carbonyl (C=O) groups is 1. The summed E-state index contributed by atoms with van der Waals surface area (Å²) < 4.78 is 5.91. The highest BCUT2D eigenvalue weighted by Crippen LogP contribution is 2.36. The SMILES string of the molecule is O=C1CCc2cc(OCCCN3CCC(O)(c4ccccc4Cl)CC3)ccc2N1. The lowest BCUT2D eigenvalue weighted by Gasteiger charge is -2.39. The summed E-state index contributed by atoms with van der Waals surface area (Å²) in [6, 6.07) is 13.4. The molecule has 4 rings (SSSR count). The molecule has 0 aromatic heterocycles. The van der Waals surface area contributed by atoms with Crippen molar-refractivity contribution in [3.63, 3.8) is 0 Å². The smallest absolute Gasteiger partial charge is 0.224 e. The van der Waals surface area contributed by atoms with Gasteiger partial charge in [0.2, 0.25) is 5.91 Å². The third-order valence-corrected chi connectivity index (χ3v) is 6.25. The molecule has 29 heavy (non-hydrogen) atoms. The first-order valence-electron chi connectivity index (χ1n) is 10.3. The predicted molar refractivity (Wildman–Crippen MR) is 115 cm³/mol. The average molecular weight is 415 g/mol. The molecule has 1 saturated heterocycles. The Hall–Kier alpha value is -2.08. The molecule has 0 unspecified atom stereocenters. The average Bonchev–Trinajstić information content (AvgIpc) is 2.73. The predicted octanol–water partition coefficient (Wildman–Crippen LogP) is 3.98. The molecule has 2 aromatic rings. The van der Waals surface area contributed by atoms with Gasteiger partial charge in [-0.3, -0.25) is 4.79 Å². The van der Waals surface area contributed by atoms with Crippen molar-refractivity contribution in [2.24, 2.45) is 0 Å². The van der Waals surface area contributed by atoms with Crippen LogP contribution in [0.1, 0.15) is 36.8 Å². The van der Waals surface area contributed by atoms with Crippen molar-refractivity contribution in [3.05, 3.63) is 58.6 Å². The van der Waals surface area contributed by atoms with E-state index in [4.69, 9.17) is 16.3 Å². The number of hydrogen-bond donors (Lipinski definition) is 2. The fourth-order valence-corrected chi connectivity index (χ4v) is 4.49. The molecule has 6 heteroatoms. The first kappa shape index (κ1) is 20.2. The molecule has 0 saturated carbocycles. The first-order chi connectivity index (χ1) is 14.0. The maximum Gasteiger partial charge on any atom is 0.224 e. The molecular weight excluding hydrogens is 388 g/mol. The van der Waals surface area contributed by atoms with Crippen molar-refractivity contribution in [3.8, 4) is 5.75 Å². The number of nitrogens with one attached hydrogen (secondary N) is 1. The van der Waals surface area contributed by atoms with Gasteiger partial charge in [0.1, 0.15) is 5.75 Å². The summed E-state index contributed by atoms with van der Waals surface area (Å²) in [5.74, 6) is 0.931. The highest BCUT2D eigenvalue weighted by atomic mass is 35.5. The zero-order valence-corrected chi connectivity index (χ0v) is 17.3. The summed E-state index contributed by atoms with van der Waals surface area (Å²) in [6.07, 6.45) is 3.60. The van der Waals surface area contributed by atoms with Gasteiger partial charge in [0.05, 0.1) is 12.2 Å². The molecule has 1 fully saturated rings. The second-order valence-electron chi connectivity index (χ2n) is 7.92. The number of anilines is 1. The van der Waals surface area contributed by atoms with Gasteiger partial charge in [0.15, 0.2) is 0 Å². The normalized spacial score (nSPS) is 18.8. The molecule has 2 aliphatic rings. The molecule has 0 spiro atoms. The Bertz CT molecular complexity index is 878. The molecule has 2 aromatic carbocycles. The summed E-state index contributed by atoms with van der Waals surface area (Å²) in [7, 11) is 0. The maximum atomic E-state index is 11.4. The number of rotatable bonds is 6. The second-order valence-corrected chi connectivity index (χ2v) is 8.33. The van der Waals surface area contributed by atoms with Gasteiger partial charge in [-0.15, -0.1) is 0 Å². The number of carbonyl (C=O) groups excluding carboxylic acids is 1. The molecule has 1 amide bonds. The lowest BCUT2D eigenvalue weighted by atomic mass is 9.84. The van der Waals surface area contributed by atoms with E-state index in [1.807, 2.05) is 42.5 Å². The van der Waals surface area contributed by atoms with Crippen LogP contribution in [0.15, 0.2) is 42.5 Å². The van der Waals surface area contributed by atoms with Gasteiger partial charge in [-0.2, -0.15) is 0 Å². The van der Waals surface area contributed by atoms with Crippen LogP contribution in [0, 0.1) is 0 Å². The van der Waals surface area contributed by atoms with Crippen LogP contribution >= 0.6 is 11.6 Å². The van der Waals surface area contributed by atoms with Gasteiger partial charge in [-0.25, -0.2) is 0 Å². The van der Waals surface area contributed by atoms with Crippen molar-refractivity contribution in [1.82, 2.24) is 4.90 Å². The number of benzene rings is 2.